The van der Waals surface area contributed by atoms with Gasteiger partial charge in [0.1, 0.15) is 4.21 Å². The van der Waals surface area contributed by atoms with Crippen molar-refractivity contribution >= 4 is 37.3 Å². The molecule has 0 fully saturated rings. The maximum atomic E-state index is 13.0. The smallest absolute Gasteiger partial charge is 0.206 e. The van der Waals surface area contributed by atoms with Crippen molar-refractivity contribution in [1.82, 2.24) is 4.72 Å². The molecule has 0 amide bonds. The fourth-order valence-corrected chi connectivity index (χ4v) is 4.75. The van der Waals surface area contributed by atoms with E-state index in [1.807, 2.05) is 0 Å². The molecule has 0 saturated carbocycles. The number of thiophene rings is 1. The Hall–Kier alpha value is -0.830. The Balaban J connectivity index is 2.15. The van der Waals surface area contributed by atoms with E-state index < -0.39 is 21.7 Å². The summed E-state index contributed by atoms with van der Waals surface area (Å²) in [5.41, 5.74) is 1.17. The molecule has 1 N–H and O–H groups in total. The number of halogens is 3. The summed E-state index contributed by atoms with van der Waals surface area (Å²) in [7, 11) is -3.66. The van der Waals surface area contributed by atoms with Gasteiger partial charge in [0.15, 0.2) is 11.6 Å². The van der Waals surface area contributed by atoms with Crippen molar-refractivity contribution in [2.24, 2.45) is 0 Å². The van der Waals surface area contributed by atoms with Crippen LogP contribution in [-0.2, 0) is 16.6 Å². The molecule has 108 valence electrons. The predicted molar refractivity (Wildman–Crippen MR) is 77.1 cm³/mol. The third-order valence-corrected chi connectivity index (χ3v) is 6.56. The van der Waals surface area contributed by atoms with Crippen LogP contribution in [0.3, 0.4) is 0 Å². The van der Waals surface area contributed by atoms with Gasteiger partial charge >= 0.3 is 0 Å². The average Bonchev–Trinajstić information content (AvgIpc) is 2.72. The molecule has 3 nitrogen and oxygen atoms in total. The van der Waals surface area contributed by atoms with Crippen molar-refractivity contribution in [3.8, 4) is 0 Å². The third kappa shape index (κ3) is 3.43. The lowest BCUT2D eigenvalue weighted by atomic mass is 10.2. The van der Waals surface area contributed by atoms with Gasteiger partial charge < -0.3 is 0 Å². The van der Waals surface area contributed by atoms with Gasteiger partial charge in [-0.1, -0.05) is 6.07 Å². The Bertz CT molecular complexity index is 724. The first-order chi connectivity index (χ1) is 9.29. The Labute approximate surface area is 127 Å². The van der Waals surface area contributed by atoms with Crippen LogP contribution in [-0.4, -0.2) is 8.42 Å². The Morgan fingerprint density at radius 2 is 1.95 bits per heavy atom. The molecule has 0 aliphatic rings. The van der Waals surface area contributed by atoms with Crippen LogP contribution in [0.25, 0.3) is 0 Å². The van der Waals surface area contributed by atoms with E-state index in [1.165, 1.54) is 6.07 Å². The monoisotopic (exact) mass is 381 g/mol. The van der Waals surface area contributed by atoms with Crippen LogP contribution in [0.15, 0.2) is 32.3 Å². The van der Waals surface area contributed by atoms with Crippen LogP contribution in [0.2, 0.25) is 0 Å². The molecule has 1 aromatic carbocycles. The highest BCUT2D eigenvalue weighted by atomic mass is 79.9. The molecule has 0 atom stereocenters. The highest BCUT2D eigenvalue weighted by Gasteiger charge is 2.18. The van der Waals surface area contributed by atoms with E-state index in [0.717, 1.165) is 32.8 Å². The number of benzene rings is 1. The second kappa shape index (κ2) is 5.88. The molecule has 0 unspecified atom stereocenters. The van der Waals surface area contributed by atoms with Gasteiger partial charge in [-0.15, -0.1) is 11.3 Å². The van der Waals surface area contributed by atoms with Gasteiger partial charge in [-0.3, -0.25) is 0 Å². The first-order valence-corrected chi connectivity index (χ1v) is 8.58. The van der Waals surface area contributed by atoms with Crippen LogP contribution in [0.4, 0.5) is 8.78 Å². The quantitative estimate of drug-likeness (QED) is 0.879. The van der Waals surface area contributed by atoms with E-state index in [2.05, 4.69) is 20.7 Å². The zero-order chi connectivity index (χ0) is 14.9. The molecule has 0 aliphatic carbocycles. The topological polar surface area (TPSA) is 46.2 Å². The van der Waals surface area contributed by atoms with E-state index in [0.29, 0.717) is 5.56 Å². The Morgan fingerprint density at radius 3 is 2.50 bits per heavy atom. The minimum absolute atomic E-state index is 0.103. The van der Waals surface area contributed by atoms with E-state index in [-0.39, 0.29) is 10.8 Å². The number of hydrogen-bond donors (Lipinski definition) is 1. The standard InChI is InChI=1S/C12H10BrF2NO2S2/c1-7-4-11(19-12(7)13)20(17,18)16-6-8-2-3-9(14)10(15)5-8/h2-5,16H,6H2,1H3. The fraction of sp³-hybridized carbons (Fsp3) is 0.167. The van der Waals surface area contributed by atoms with Gasteiger partial charge in [-0.05, 0) is 52.2 Å². The normalized spacial score (nSPS) is 11.8. The van der Waals surface area contributed by atoms with Gasteiger partial charge in [0.25, 0.3) is 0 Å². The largest absolute Gasteiger partial charge is 0.250 e. The van der Waals surface area contributed by atoms with E-state index >= 15 is 0 Å². The van der Waals surface area contributed by atoms with Crippen molar-refractivity contribution in [2.45, 2.75) is 17.7 Å². The van der Waals surface area contributed by atoms with Crippen LogP contribution in [0.5, 0.6) is 0 Å². The lowest BCUT2D eigenvalue weighted by Gasteiger charge is -2.05. The third-order valence-electron chi connectivity index (χ3n) is 2.55. The van der Waals surface area contributed by atoms with Gasteiger partial charge in [-0.2, -0.15) is 0 Å². The van der Waals surface area contributed by atoms with Gasteiger partial charge in [-0.25, -0.2) is 21.9 Å². The molecule has 2 rings (SSSR count). The summed E-state index contributed by atoms with van der Waals surface area (Å²) in [6.07, 6.45) is 0. The van der Waals surface area contributed by atoms with Crippen molar-refractivity contribution in [2.75, 3.05) is 0 Å². The zero-order valence-corrected chi connectivity index (χ0v) is 13.5. The molecule has 0 spiro atoms. The molecular formula is C12H10BrF2NO2S2. The average molecular weight is 382 g/mol. The summed E-state index contributed by atoms with van der Waals surface area (Å²) in [5, 5.41) is 0. The number of rotatable bonds is 4. The van der Waals surface area contributed by atoms with Crippen LogP contribution >= 0.6 is 27.3 Å². The van der Waals surface area contributed by atoms with E-state index in [1.54, 1.807) is 13.0 Å². The van der Waals surface area contributed by atoms with Crippen molar-refractivity contribution < 1.29 is 17.2 Å². The number of hydrogen-bond acceptors (Lipinski definition) is 3. The van der Waals surface area contributed by atoms with Crippen LogP contribution in [0, 0.1) is 18.6 Å². The highest BCUT2D eigenvalue weighted by Crippen LogP contribution is 2.30. The SMILES string of the molecule is Cc1cc(S(=O)(=O)NCc2ccc(F)c(F)c2)sc1Br. The van der Waals surface area contributed by atoms with Crippen molar-refractivity contribution in [3.05, 3.63) is 50.8 Å². The summed E-state index contributed by atoms with van der Waals surface area (Å²) in [5.74, 6) is -1.97. The minimum Gasteiger partial charge on any atom is -0.206 e. The lowest BCUT2D eigenvalue weighted by Crippen LogP contribution is -2.22. The molecule has 20 heavy (non-hydrogen) atoms. The first kappa shape index (κ1) is 15.6. The van der Waals surface area contributed by atoms with E-state index in [4.69, 9.17) is 0 Å². The summed E-state index contributed by atoms with van der Waals surface area (Å²) in [4.78, 5) is 0. The van der Waals surface area contributed by atoms with E-state index in [9.17, 15) is 17.2 Å². The summed E-state index contributed by atoms with van der Waals surface area (Å²) < 4.78 is 53.1. The van der Waals surface area contributed by atoms with Crippen molar-refractivity contribution in [1.29, 1.82) is 0 Å². The van der Waals surface area contributed by atoms with Crippen LogP contribution < -0.4 is 4.72 Å². The number of aryl methyl sites for hydroxylation is 1. The maximum absolute atomic E-state index is 13.0. The Morgan fingerprint density at radius 1 is 1.25 bits per heavy atom. The van der Waals surface area contributed by atoms with Crippen molar-refractivity contribution in [3.63, 3.8) is 0 Å². The molecule has 8 heteroatoms. The van der Waals surface area contributed by atoms with Gasteiger partial charge in [0.05, 0.1) is 3.79 Å². The molecule has 0 aliphatic heterocycles. The Kier molecular flexibility index (Phi) is 4.58. The molecule has 1 aromatic heterocycles. The summed E-state index contributed by atoms with van der Waals surface area (Å²) in [6.45, 7) is 1.68. The first-order valence-electron chi connectivity index (χ1n) is 5.49. The molecule has 0 saturated heterocycles. The minimum atomic E-state index is -3.66. The van der Waals surface area contributed by atoms with Gasteiger partial charge in [0, 0.05) is 6.54 Å². The second-order valence-corrected chi connectivity index (χ2v) is 8.46. The molecule has 2 aromatic rings. The number of sulfonamides is 1. The molecule has 0 radical (unpaired) electrons. The predicted octanol–water partition coefficient (Wildman–Crippen LogP) is 3.58. The van der Waals surface area contributed by atoms with Gasteiger partial charge in [0.2, 0.25) is 10.0 Å². The second-order valence-electron chi connectivity index (χ2n) is 4.10. The lowest BCUT2D eigenvalue weighted by molar-refractivity contribution is 0.506. The highest BCUT2D eigenvalue weighted by molar-refractivity contribution is 9.11. The molecular weight excluding hydrogens is 372 g/mol. The summed E-state index contributed by atoms with van der Waals surface area (Å²) >= 11 is 4.35. The number of nitrogens with one attached hydrogen (secondary N) is 1. The maximum Gasteiger partial charge on any atom is 0.250 e. The summed E-state index contributed by atoms with van der Waals surface area (Å²) in [6, 6.07) is 4.80. The van der Waals surface area contributed by atoms with Crippen LogP contribution in [0.1, 0.15) is 11.1 Å². The fourth-order valence-electron chi connectivity index (χ4n) is 1.46. The zero-order valence-electron chi connectivity index (χ0n) is 10.3. The molecule has 0 bridgehead atoms. The molecule has 1 heterocycles.